The van der Waals surface area contributed by atoms with Crippen LogP contribution in [0, 0.1) is 5.92 Å². The molecule has 1 amide bonds. The molecule has 0 saturated carbocycles. The number of rotatable bonds is 22. The molecule has 9 aromatic rings. The number of fused-ring (bicyclic) bond motifs is 1. The first-order chi connectivity index (χ1) is 40.6. The molecule has 84 heavy (non-hydrogen) atoms. The Labute approximate surface area is 495 Å². The molecule has 0 N–H and O–H groups in total. The van der Waals surface area contributed by atoms with E-state index in [1.807, 2.05) is 148 Å². The molecule has 7 aromatic carbocycles. The predicted octanol–water partition coefficient (Wildman–Crippen LogP) is 12.5. The van der Waals surface area contributed by atoms with Gasteiger partial charge in [0.25, 0.3) is 0 Å². The second-order valence-electron chi connectivity index (χ2n) is 21.8. The Morgan fingerprint density at radius 3 is 1.56 bits per heavy atom. The fourth-order valence-corrected chi connectivity index (χ4v) is 13.2. The lowest BCUT2D eigenvalue weighted by Crippen LogP contribution is -2.42. The Morgan fingerprint density at radius 2 is 1.08 bits per heavy atom. The number of ether oxygens (including phenoxy) is 6. The van der Waals surface area contributed by atoms with Gasteiger partial charge in [-0.15, -0.1) is 10.2 Å². The topological polar surface area (TPSA) is 173 Å². The van der Waals surface area contributed by atoms with Crippen molar-refractivity contribution in [1.29, 1.82) is 0 Å². The number of tetrazole rings is 1. The van der Waals surface area contributed by atoms with Crippen LogP contribution in [0.4, 0.5) is 9.93 Å². The number of carbonyl (C=O) groups excluding carboxylic acids is 1. The highest BCUT2D eigenvalue weighted by molar-refractivity contribution is 7.89. The molecule has 0 spiro atoms. The molecule has 0 atom stereocenters. The van der Waals surface area contributed by atoms with Gasteiger partial charge in [0, 0.05) is 44.8 Å². The fraction of sp³-hybridized carbons (Fsp3) is 0.308. The standard InChI is InChI=1S/C65H70N8O9S2/c1-65(2,3)82-64(74)70-36-34-44(35-37-70)38-50-22-33-56(57-10-9-11-58-60(57)66-63(83-58)71(39-45-12-23-51(77-4)24-13-45)40-46-14-25-52(78-5)26-15-46)59(62-67-69-73(68-62)43-49-20-31-55(81-8)32-21-49)61(50)84(75,76)72(41-47-16-27-53(79-6)28-17-47)42-48-18-29-54(80-7)30-19-48/h9-33,44H,34-43H2,1-8H3. The molecular formula is C65H70N8O9S2. The van der Waals surface area contributed by atoms with Gasteiger partial charge in [-0.05, 0) is 157 Å². The number of nitrogens with zero attached hydrogens (tertiary/aromatic N) is 8. The summed E-state index contributed by atoms with van der Waals surface area (Å²) in [4.78, 5) is 24.4. The normalized spacial score (nSPS) is 13.0. The van der Waals surface area contributed by atoms with Gasteiger partial charge in [0.05, 0.1) is 62.8 Å². The molecule has 2 aromatic heterocycles. The van der Waals surface area contributed by atoms with E-state index in [4.69, 9.17) is 43.6 Å². The van der Waals surface area contributed by atoms with Crippen molar-refractivity contribution in [1.82, 2.24) is 34.4 Å². The zero-order valence-electron chi connectivity index (χ0n) is 48.7. The molecule has 3 heterocycles. The van der Waals surface area contributed by atoms with Gasteiger partial charge in [0.1, 0.15) is 34.3 Å². The third kappa shape index (κ3) is 13.9. The number of sulfonamides is 1. The second-order valence-corrected chi connectivity index (χ2v) is 24.6. The first kappa shape index (κ1) is 58.7. The zero-order valence-corrected chi connectivity index (χ0v) is 50.3. The highest BCUT2D eigenvalue weighted by Gasteiger charge is 2.36. The number of carbonyl (C=O) groups is 1. The van der Waals surface area contributed by atoms with E-state index in [-0.39, 0.29) is 42.4 Å². The van der Waals surface area contributed by atoms with Gasteiger partial charge in [0.2, 0.25) is 15.8 Å². The third-order valence-corrected chi connectivity index (χ3v) is 17.8. The van der Waals surface area contributed by atoms with Gasteiger partial charge in [-0.1, -0.05) is 96.3 Å². The van der Waals surface area contributed by atoms with Crippen LogP contribution >= 0.6 is 11.3 Å². The largest absolute Gasteiger partial charge is 0.497 e. The maximum absolute atomic E-state index is 16.7. The van der Waals surface area contributed by atoms with E-state index in [0.717, 1.165) is 49.1 Å². The van der Waals surface area contributed by atoms with Gasteiger partial charge in [-0.2, -0.15) is 9.10 Å². The van der Waals surface area contributed by atoms with Gasteiger partial charge in [-0.25, -0.2) is 18.2 Å². The third-order valence-electron chi connectivity index (χ3n) is 14.8. The molecular weight excluding hydrogens is 1100 g/mol. The monoisotopic (exact) mass is 1170 g/mol. The smallest absolute Gasteiger partial charge is 0.410 e. The molecule has 19 heteroatoms. The molecule has 0 unspecified atom stereocenters. The number of para-hydroxylation sites is 1. The minimum Gasteiger partial charge on any atom is -0.497 e. The molecule has 1 aliphatic heterocycles. The van der Waals surface area contributed by atoms with Gasteiger partial charge < -0.3 is 38.2 Å². The van der Waals surface area contributed by atoms with Gasteiger partial charge in [0.15, 0.2) is 5.13 Å². The second kappa shape index (κ2) is 26.0. The van der Waals surface area contributed by atoms with Crippen LogP contribution in [0.2, 0.25) is 0 Å². The van der Waals surface area contributed by atoms with Crippen LogP contribution in [0.3, 0.4) is 0 Å². The van der Waals surface area contributed by atoms with E-state index in [9.17, 15) is 4.79 Å². The molecule has 0 bridgehead atoms. The molecule has 0 aliphatic carbocycles. The predicted molar refractivity (Wildman–Crippen MR) is 326 cm³/mol. The van der Waals surface area contributed by atoms with E-state index in [1.165, 1.54) is 9.10 Å². The number of hydrogen-bond donors (Lipinski definition) is 0. The Kier molecular flexibility index (Phi) is 18.1. The molecule has 17 nitrogen and oxygen atoms in total. The first-order valence-electron chi connectivity index (χ1n) is 27.8. The average molecular weight is 1170 g/mol. The average Bonchev–Trinajstić information content (AvgIpc) is 1.84. The van der Waals surface area contributed by atoms with E-state index in [1.54, 1.807) is 51.8 Å². The van der Waals surface area contributed by atoms with Crippen LogP contribution in [0.25, 0.3) is 32.7 Å². The fourth-order valence-electron chi connectivity index (χ4n) is 10.4. The van der Waals surface area contributed by atoms with Gasteiger partial charge in [-0.3, -0.25) is 0 Å². The van der Waals surface area contributed by atoms with Crippen LogP contribution in [0.15, 0.2) is 157 Å². The summed E-state index contributed by atoms with van der Waals surface area (Å²) in [6, 6.07) is 48.4. The number of hydrogen-bond acceptors (Lipinski definition) is 15. The van der Waals surface area contributed by atoms with Crippen molar-refractivity contribution >= 4 is 42.8 Å². The van der Waals surface area contributed by atoms with Crippen molar-refractivity contribution in [3.63, 3.8) is 0 Å². The Morgan fingerprint density at radius 1 is 0.607 bits per heavy atom. The van der Waals surface area contributed by atoms with Crippen LogP contribution in [0.1, 0.15) is 67.0 Å². The lowest BCUT2D eigenvalue weighted by atomic mass is 9.88. The van der Waals surface area contributed by atoms with Gasteiger partial charge >= 0.3 is 6.09 Å². The van der Waals surface area contributed by atoms with E-state index in [0.29, 0.717) is 90.5 Å². The Balaban J connectivity index is 1.16. The maximum atomic E-state index is 16.7. The number of piperidine rings is 1. The zero-order chi connectivity index (χ0) is 59.0. The van der Waals surface area contributed by atoms with E-state index in [2.05, 4.69) is 34.4 Å². The number of aromatic nitrogens is 5. The quantitative estimate of drug-likeness (QED) is 0.0627. The van der Waals surface area contributed by atoms with Crippen molar-refractivity contribution in [2.75, 3.05) is 53.5 Å². The number of methoxy groups -OCH3 is 5. The number of amides is 1. The summed E-state index contributed by atoms with van der Waals surface area (Å²) in [6.07, 6.45) is 1.26. The minimum absolute atomic E-state index is 0.00130. The number of likely N-dealkylation sites (tertiary alicyclic amines) is 1. The molecule has 1 aliphatic rings. The van der Waals surface area contributed by atoms with Crippen molar-refractivity contribution in [3.05, 3.63) is 185 Å². The highest BCUT2D eigenvalue weighted by atomic mass is 32.2. The molecule has 436 valence electrons. The van der Waals surface area contributed by atoms with Crippen LogP contribution in [-0.2, 0) is 53.9 Å². The summed E-state index contributed by atoms with van der Waals surface area (Å²) in [6.45, 7) is 7.81. The van der Waals surface area contributed by atoms with Crippen molar-refractivity contribution in [2.24, 2.45) is 5.92 Å². The number of benzene rings is 7. The highest BCUT2D eigenvalue weighted by Crippen LogP contribution is 2.45. The molecule has 1 saturated heterocycles. The summed E-state index contributed by atoms with van der Waals surface area (Å²) in [5.41, 5.74) is 6.67. The lowest BCUT2D eigenvalue weighted by molar-refractivity contribution is 0.0184. The molecule has 1 fully saturated rings. The Bertz CT molecular complexity index is 3690. The first-order valence-corrected chi connectivity index (χ1v) is 30.1. The summed E-state index contributed by atoms with van der Waals surface area (Å²) >= 11 is 1.56. The number of anilines is 1. The van der Waals surface area contributed by atoms with Crippen LogP contribution < -0.4 is 28.6 Å². The Hall–Kier alpha value is -8.52. The van der Waals surface area contributed by atoms with Crippen LogP contribution in [-0.4, -0.2) is 103 Å². The van der Waals surface area contributed by atoms with Crippen molar-refractivity contribution in [3.8, 4) is 51.3 Å². The van der Waals surface area contributed by atoms with Crippen molar-refractivity contribution < 1.29 is 41.6 Å². The van der Waals surface area contributed by atoms with Crippen molar-refractivity contribution in [2.45, 2.75) is 83.3 Å². The maximum Gasteiger partial charge on any atom is 0.410 e. The number of thiazole rings is 1. The summed E-state index contributed by atoms with van der Waals surface area (Å²) < 4.78 is 69.1. The summed E-state index contributed by atoms with van der Waals surface area (Å²) in [5, 5.41) is 15.2. The summed E-state index contributed by atoms with van der Waals surface area (Å²) in [5.74, 6) is 3.64. The summed E-state index contributed by atoms with van der Waals surface area (Å²) in [7, 11) is 3.58. The minimum atomic E-state index is -4.55. The SMILES string of the molecule is COc1ccc(CN(Cc2ccc(OC)cc2)c2nc3c(-c4ccc(CC5CCN(C(=O)OC(C)(C)C)CC5)c(S(=O)(=O)N(Cc5ccc(OC)cc5)Cc5ccc(OC)cc5)c4-c4nnn(Cc5ccc(OC)cc5)n4)cccc3s2)cc1. The van der Waals surface area contributed by atoms with E-state index >= 15 is 8.42 Å². The van der Waals surface area contributed by atoms with E-state index < -0.39 is 15.6 Å². The molecule has 10 rings (SSSR count). The lowest BCUT2D eigenvalue weighted by Gasteiger charge is -2.34. The molecule has 0 radical (unpaired) electrons. The van der Waals surface area contributed by atoms with Crippen LogP contribution in [0.5, 0.6) is 28.7 Å².